The van der Waals surface area contributed by atoms with Crippen LogP contribution in [0, 0.1) is 27.7 Å². The second-order valence-electron chi connectivity index (χ2n) is 19.0. The lowest BCUT2D eigenvalue weighted by Gasteiger charge is -2.41. The highest BCUT2D eigenvalue weighted by molar-refractivity contribution is 8.01. The Morgan fingerprint density at radius 2 is 0.662 bits per heavy atom. The molecule has 0 bridgehead atoms. The van der Waals surface area contributed by atoms with Crippen LogP contribution in [0.4, 0.5) is 17.1 Å². The Kier molecular flexibility index (Phi) is 8.13. The summed E-state index contributed by atoms with van der Waals surface area (Å²) in [4.78, 5) is 7.06. The van der Waals surface area contributed by atoms with Gasteiger partial charge in [0.1, 0.15) is 46.0 Å². The van der Waals surface area contributed by atoms with Gasteiger partial charge in [0.2, 0.25) is 0 Å². The Morgan fingerprint density at radius 3 is 1.06 bits per heavy atom. The molecule has 0 saturated carbocycles. The van der Waals surface area contributed by atoms with Crippen molar-refractivity contribution in [1.29, 1.82) is 0 Å². The molecule has 0 atom stereocenters. The summed E-state index contributed by atoms with van der Waals surface area (Å²) in [6.45, 7) is 8.39. The maximum absolute atomic E-state index is 7.34. The number of hydrogen-bond acceptors (Lipinski definition) is 7. The number of nitrogens with zero attached hydrogens (tertiary/aromatic N) is 1. The second kappa shape index (κ2) is 14.2. The monoisotopic (exact) mass is 909 g/mol. The van der Waals surface area contributed by atoms with Crippen LogP contribution < -0.4 is 73.0 Å². The third kappa shape index (κ3) is 5.53. The first kappa shape index (κ1) is 38.9. The summed E-state index contributed by atoms with van der Waals surface area (Å²) in [7, 11) is 0. The molecule has 0 N–H and O–H groups in total. The summed E-state index contributed by atoms with van der Waals surface area (Å²) in [6.07, 6.45) is 0. The van der Waals surface area contributed by atoms with Crippen molar-refractivity contribution in [1.82, 2.24) is 0 Å². The molecule has 10 heteroatoms. The van der Waals surface area contributed by atoms with E-state index in [-0.39, 0.29) is 20.1 Å². The maximum atomic E-state index is 7.34. The number of anilines is 3. The first-order chi connectivity index (χ1) is 33.3. The van der Waals surface area contributed by atoms with Crippen LogP contribution in [0.3, 0.4) is 0 Å². The van der Waals surface area contributed by atoms with E-state index in [1.165, 1.54) is 37.5 Å². The van der Waals surface area contributed by atoms with E-state index in [1.54, 1.807) is 0 Å². The third-order valence-electron chi connectivity index (χ3n) is 14.5. The van der Waals surface area contributed by atoms with Crippen LogP contribution in [-0.4, -0.2) is 20.1 Å². The molecule has 0 radical (unpaired) electrons. The minimum absolute atomic E-state index is 0.0608. The van der Waals surface area contributed by atoms with E-state index in [4.69, 9.17) is 18.9 Å². The lowest BCUT2D eigenvalue weighted by molar-refractivity contribution is 0.464. The number of ether oxygens (including phenoxy) is 4. The van der Waals surface area contributed by atoms with E-state index in [0.29, 0.717) is 0 Å². The van der Waals surface area contributed by atoms with Gasteiger partial charge in [0, 0.05) is 47.6 Å². The van der Waals surface area contributed by atoms with Crippen LogP contribution in [0.25, 0.3) is 0 Å². The second-order valence-corrected chi connectivity index (χ2v) is 21.2. The minimum Gasteiger partial charge on any atom is -0.459 e. The van der Waals surface area contributed by atoms with Crippen molar-refractivity contribution in [3.8, 4) is 46.0 Å². The van der Waals surface area contributed by atoms with Gasteiger partial charge in [0.25, 0.3) is 20.1 Å². The zero-order chi connectivity index (χ0) is 45.1. The molecule has 320 valence electrons. The number of benzene rings is 9. The molecule has 0 spiro atoms. The van der Waals surface area contributed by atoms with Gasteiger partial charge in [-0.3, -0.25) is 0 Å². The van der Waals surface area contributed by atoms with Crippen LogP contribution in [0.2, 0.25) is 0 Å². The van der Waals surface area contributed by atoms with Crippen molar-refractivity contribution in [2.75, 3.05) is 4.90 Å². The van der Waals surface area contributed by atoms with Gasteiger partial charge in [-0.25, -0.2) is 0 Å². The zero-order valence-electron chi connectivity index (χ0n) is 37.6. The average molecular weight is 910 g/mol. The minimum atomic E-state index is -0.246. The van der Waals surface area contributed by atoms with Crippen LogP contribution in [0.1, 0.15) is 22.3 Å². The zero-order valence-corrected chi connectivity index (χ0v) is 39.3. The van der Waals surface area contributed by atoms with Gasteiger partial charge in [0.05, 0.1) is 0 Å². The highest BCUT2D eigenvalue weighted by Gasteiger charge is 2.51. The number of hydrogen-bond donors (Lipinski definition) is 0. The first-order valence-corrected chi connectivity index (χ1v) is 24.9. The SMILES string of the molecule is Cc1cc(C)cc(N(c2cc(C)cc(C)c2)c2cc3c4c(c2)Sc2cc5c6c(c2B4c2c(cc4c7c2Oc2ccccc2B7c2ccccc2O4)S3)Oc2ccccc2B6c2ccccc2O5)c1. The Labute approximate surface area is 404 Å². The standard InChI is InChI=1S/C58H38B3NO4S2/c1-31-21-32(2)24-35(23-31)62(36-25-33(3)22-34(4)26-36)37-27-48-54-49(28-37)68-51-30-47-53-58(66-45-20-12-8-16-41(45)60(53)39-14-6-10-18-43(39)64-47)56(51)61(54)55-50(67-48)29-46-52-57(55)65-44-19-11-7-15-40(44)59(52)38-13-5-9-17-42(38)63-46/h5-30H,1-4H3. The lowest BCUT2D eigenvalue weighted by atomic mass is 9.30. The fraction of sp³-hybridized carbons (Fsp3) is 0.0690. The summed E-state index contributed by atoms with van der Waals surface area (Å²) in [6, 6.07) is 57.2. The number of aryl methyl sites for hydroxylation is 4. The van der Waals surface area contributed by atoms with Gasteiger partial charge in [-0.05, 0) is 161 Å². The van der Waals surface area contributed by atoms with Crippen LogP contribution in [0.15, 0.2) is 177 Å². The largest absolute Gasteiger partial charge is 0.459 e. The molecule has 9 aromatic rings. The van der Waals surface area contributed by atoms with Gasteiger partial charge in [-0.2, -0.15) is 0 Å². The van der Waals surface area contributed by atoms with E-state index >= 15 is 0 Å². The molecule has 0 fully saturated rings. The van der Waals surface area contributed by atoms with E-state index in [2.05, 4.69) is 190 Å². The molecule has 6 aliphatic heterocycles. The van der Waals surface area contributed by atoms with Crippen molar-refractivity contribution in [3.05, 3.63) is 180 Å². The van der Waals surface area contributed by atoms with E-state index in [9.17, 15) is 0 Å². The summed E-state index contributed by atoms with van der Waals surface area (Å²) in [5.74, 6) is 6.92. The molecule has 15 rings (SSSR count). The molecule has 68 heavy (non-hydrogen) atoms. The van der Waals surface area contributed by atoms with E-state index in [0.717, 1.165) is 117 Å². The Bertz CT molecular complexity index is 3460. The molecule has 0 aliphatic carbocycles. The van der Waals surface area contributed by atoms with Crippen molar-refractivity contribution in [3.63, 3.8) is 0 Å². The molecular weight excluding hydrogens is 871 g/mol. The summed E-state index contributed by atoms with van der Waals surface area (Å²) in [5, 5.41) is 0. The van der Waals surface area contributed by atoms with Crippen LogP contribution in [-0.2, 0) is 0 Å². The topological polar surface area (TPSA) is 40.2 Å². The van der Waals surface area contributed by atoms with Crippen molar-refractivity contribution < 1.29 is 18.9 Å². The number of para-hydroxylation sites is 4. The van der Waals surface area contributed by atoms with Crippen molar-refractivity contribution in [2.24, 2.45) is 0 Å². The van der Waals surface area contributed by atoms with Gasteiger partial charge in [0.15, 0.2) is 0 Å². The maximum Gasteiger partial charge on any atom is 0.260 e. The number of rotatable bonds is 3. The molecule has 9 aromatic carbocycles. The molecule has 0 saturated heterocycles. The van der Waals surface area contributed by atoms with Gasteiger partial charge >= 0.3 is 0 Å². The fourth-order valence-corrected chi connectivity index (χ4v) is 14.6. The van der Waals surface area contributed by atoms with Gasteiger partial charge in [-0.1, -0.05) is 108 Å². The van der Waals surface area contributed by atoms with Gasteiger partial charge < -0.3 is 23.8 Å². The van der Waals surface area contributed by atoms with Crippen molar-refractivity contribution >= 4 is 110 Å². The molecular formula is C58H38B3NO4S2. The summed E-state index contributed by atoms with van der Waals surface area (Å²) < 4.78 is 28.6. The average Bonchev–Trinajstić information content (AvgIpc) is 3.33. The van der Waals surface area contributed by atoms with Crippen molar-refractivity contribution in [2.45, 2.75) is 47.3 Å². The van der Waals surface area contributed by atoms with E-state index in [1.807, 2.05) is 23.5 Å². The molecule has 6 aliphatic rings. The predicted octanol–water partition coefficient (Wildman–Crippen LogP) is 9.29. The normalized spacial score (nSPS) is 14.1. The van der Waals surface area contributed by atoms with E-state index < -0.39 is 0 Å². The Balaban J connectivity index is 1.03. The molecule has 5 nitrogen and oxygen atoms in total. The van der Waals surface area contributed by atoms with Gasteiger partial charge in [-0.15, -0.1) is 0 Å². The smallest absolute Gasteiger partial charge is 0.260 e. The fourth-order valence-electron chi connectivity index (χ4n) is 12.0. The molecule has 0 unspecified atom stereocenters. The Hall–Kier alpha value is -7.13. The molecule has 0 amide bonds. The molecule has 6 heterocycles. The quantitative estimate of drug-likeness (QED) is 0.164. The predicted molar refractivity (Wildman–Crippen MR) is 281 cm³/mol. The Morgan fingerprint density at radius 1 is 0.324 bits per heavy atom. The highest BCUT2D eigenvalue weighted by Crippen LogP contribution is 2.49. The first-order valence-electron chi connectivity index (χ1n) is 23.3. The van der Waals surface area contributed by atoms with Crippen LogP contribution >= 0.6 is 23.5 Å². The summed E-state index contributed by atoms with van der Waals surface area (Å²) in [5.41, 5.74) is 18.5. The lowest BCUT2D eigenvalue weighted by Crippen LogP contribution is -2.65. The number of fused-ring (bicyclic) bond motifs is 14. The third-order valence-corrected chi connectivity index (χ3v) is 16.7. The van der Waals surface area contributed by atoms with Crippen LogP contribution in [0.5, 0.6) is 46.0 Å². The highest BCUT2D eigenvalue weighted by atomic mass is 32.2. The molecule has 0 aromatic heterocycles. The summed E-state index contributed by atoms with van der Waals surface area (Å²) >= 11 is 3.64.